The van der Waals surface area contributed by atoms with Crippen LogP contribution >= 0.6 is 0 Å². The molecule has 0 saturated carbocycles. The first kappa shape index (κ1) is 12.9. The van der Waals surface area contributed by atoms with Crippen molar-refractivity contribution in [1.29, 1.82) is 0 Å². The molecule has 4 nitrogen and oxygen atoms in total. The molecule has 18 heavy (non-hydrogen) atoms. The summed E-state index contributed by atoms with van der Waals surface area (Å²) < 4.78 is 5.70. The van der Waals surface area contributed by atoms with Crippen molar-refractivity contribution in [2.75, 3.05) is 32.0 Å². The SMILES string of the molecule is CC(=O)c1cc(N)ccc1OCCN1CCCC1. The summed E-state index contributed by atoms with van der Waals surface area (Å²) in [7, 11) is 0. The molecular weight excluding hydrogens is 228 g/mol. The van der Waals surface area contributed by atoms with E-state index in [2.05, 4.69) is 4.90 Å². The molecule has 1 aromatic rings. The summed E-state index contributed by atoms with van der Waals surface area (Å²) in [5, 5.41) is 0. The van der Waals surface area contributed by atoms with Crippen LogP contribution in [0.3, 0.4) is 0 Å². The van der Waals surface area contributed by atoms with Crippen molar-refractivity contribution in [3.8, 4) is 5.75 Å². The van der Waals surface area contributed by atoms with Gasteiger partial charge in [0.2, 0.25) is 0 Å². The highest BCUT2D eigenvalue weighted by Gasteiger charge is 2.12. The van der Waals surface area contributed by atoms with Crippen LogP contribution < -0.4 is 10.5 Å². The molecule has 0 bridgehead atoms. The van der Waals surface area contributed by atoms with E-state index in [-0.39, 0.29) is 5.78 Å². The number of anilines is 1. The number of Topliss-reactive ketones (excluding diaryl/α,β-unsaturated/α-hetero) is 1. The molecule has 98 valence electrons. The Morgan fingerprint density at radius 2 is 2.11 bits per heavy atom. The molecular formula is C14H20N2O2. The molecule has 1 aromatic carbocycles. The Labute approximate surface area is 108 Å². The van der Waals surface area contributed by atoms with Gasteiger partial charge in [-0.05, 0) is 51.1 Å². The second kappa shape index (κ2) is 5.87. The van der Waals surface area contributed by atoms with Gasteiger partial charge in [0.15, 0.2) is 5.78 Å². The van der Waals surface area contributed by atoms with E-state index in [4.69, 9.17) is 10.5 Å². The lowest BCUT2D eigenvalue weighted by Gasteiger charge is -2.16. The maximum absolute atomic E-state index is 11.5. The maximum atomic E-state index is 11.5. The number of carbonyl (C=O) groups excluding carboxylic acids is 1. The third-order valence-corrected chi connectivity index (χ3v) is 3.25. The Kier molecular flexibility index (Phi) is 4.20. The number of nitrogens with zero attached hydrogens (tertiary/aromatic N) is 1. The van der Waals surface area contributed by atoms with Gasteiger partial charge in [-0.25, -0.2) is 0 Å². The van der Waals surface area contributed by atoms with Crippen LogP contribution in [-0.4, -0.2) is 36.9 Å². The van der Waals surface area contributed by atoms with E-state index in [0.717, 1.165) is 19.6 Å². The Hall–Kier alpha value is -1.55. The van der Waals surface area contributed by atoms with Crippen molar-refractivity contribution < 1.29 is 9.53 Å². The van der Waals surface area contributed by atoms with Gasteiger partial charge in [-0.3, -0.25) is 9.69 Å². The second-order valence-corrected chi connectivity index (χ2v) is 4.71. The van der Waals surface area contributed by atoms with Crippen molar-refractivity contribution in [3.05, 3.63) is 23.8 Å². The van der Waals surface area contributed by atoms with Gasteiger partial charge in [-0.15, -0.1) is 0 Å². The van der Waals surface area contributed by atoms with E-state index in [1.54, 1.807) is 18.2 Å². The molecule has 0 atom stereocenters. The summed E-state index contributed by atoms with van der Waals surface area (Å²) in [6.07, 6.45) is 2.56. The first-order valence-electron chi connectivity index (χ1n) is 6.42. The monoisotopic (exact) mass is 248 g/mol. The summed E-state index contributed by atoms with van der Waals surface area (Å²) in [6, 6.07) is 5.21. The molecule has 2 rings (SSSR count). The van der Waals surface area contributed by atoms with E-state index in [1.165, 1.54) is 19.8 Å². The topological polar surface area (TPSA) is 55.6 Å². The number of hydrogen-bond acceptors (Lipinski definition) is 4. The number of benzene rings is 1. The zero-order chi connectivity index (χ0) is 13.0. The average Bonchev–Trinajstić information content (AvgIpc) is 2.84. The van der Waals surface area contributed by atoms with E-state index < -0.39 is 0 Å². The molecule has 0 spiro atoms. The van der Waals surface area contributed by atoms with Gasteiger partial charge in [0, 0.05) is 12.2 Å². The quantitative estimate of drug-likeness (QED) is 0.639. The van der Waals surface area contributed by atoms with Gasteiger partial charge >= 0.3 is 0 Å². The molecule has 0 aliphatic carbocycles. The van der Waals surface area contributed by atoms with Crippen molar-refractivity contribution >= 4 is 11.5 Å². The summed E-state index contributed by atoms with van der Waals surface area (Å²) in [5.41, 5.74) is 6.83. The third kappa shape index (κ3) is 3.23. The van der Waals surface area contributed by atoms with E-state index in [0.29, 0.717) is 23.6 Å². The Morgan fingerprint density at radius 1 is 1.39 bits per heavy atom. The van der Waals surface area contributed by atoms with Crippen LogP contribution in [0.1, 0.15) is 30.1 Å². The number of ketones is 1. The zero-order valence-electron chi connectivity index (χ0n) is 10.8. The van der Waals surface area contributed by atoms with Gasteiger partial charge < -0.3 is 10.5 Å². The number of hydrogen-bond donors (Lipinski definition) is 1. The molecule has 2 N–H and O–H groups in total. The predicted octanol–water partition coefficient (Wildman–Crippen LogP) is 1.95. The van der Waals surface area contributed by atoms with Crippen LogP contribution in [-0.2, 0) is 0 Å². The zero-order valence-corrected chi connectivity index (χ0v) is 10.8. The lowest BCUT2D eigenvalue weighted by atomic mass is 10.1. The molecule has 1 heterocycles. The summed E-state index contributed by atoms with van der Waals surface area (Å²) in [4.78, 5) is 13.9. The average molecular weight is 248 g/mol. The van der Waals surface area contributed by atoms with Gasteiger partial charge in [0.05, 0.1) is 5.56 Å². The van der Waals surface area contributed by atoms with Crippen LogP contribution in [0.15, 0.2) is 18.2 Å². The highest BCUT2D eigenvalue weighted by molar-refractivity contribution is 5.97. The number of likely N-dealkylation sites (tertiary alicyclic amines) is 1. The van der Waals surface area contributed by atoms with Gasteiger partial charge in [-0.1, -0.05) is 0 Å². The molecule has 0 aromatic heterocycles. The Balaban J connectivity index is 1.93. The number of rotatable bonds is 5. The summed E-state index contributed by atoms with van der Waals surface area (Å²) >= 11 is 0. The number of ether oxygens (including phenoxy) is 1. The van der Waals surface area contributed by atoms with Crippen LogP contribution in [0.5, 0.6) is 5.75 Å². The lowest BCUT2D eigenvalue weighted by Crippen LogP contribution is -2.25. The van der Waals surface area contributed by atoms with Crippen molar-refractivity contribution in [2.45, 2.75) is 19.8 Å². The lowest BCUT2D eigenvalue weighted by molar-refractivity contribution is 0.101. The van der Waals surface area contributed by atoms with Crippen LogP contribution in [0.4, 0.5) is 5.69 Å². The molecule has 1 aliphatic rings. The summed E-state index contributed by atoms with van der Waals surface area (Å²) in [6.45, 7) is 5.38. The first-order chi connectivity index (χ1) is 8.66. The van der Waals surface area contributed by atoms with Crippen LogP contribution in [0, 0.1) is 0 Å². The van der Waals surface area contributed by atoms with Crippen molar-refractivity contribution in [3.63, 3.8) is 0 Å². The largest absolute Gasteiger partial charge is 0.491 e. The molecule has 1 saturated heterocycles. The highest BCUT2D eigenvalue weighted by atomic mass is 16.5. The highest BCUT2D eigenvalue weighted by Crippen LogP contribution is 2.22. The van der Waals surface area contributed by atoms with Crippen LogP contribution in [0.25, 0.3) is 0 Å². The number of carbonyl (C=O) groups is 1. The minimum Gasteiger partial charge on any atom is -0.491 e. The normalized spacial score (nSPS) is 15.8. The molecule has 0 amide bonds. The fourth-order valence-electron chi connectivity index (χ4n) is 2.24. The molecule has 1 aliphatic heterocycles. The Morgan fingerprint density at radius 3 is 2.78 bits per heavy atom. The smallest absolute Gasteiger partial charge is 0.163 e. The molecule has 4 heteroatoms. The van der Waals surface area contributed by atoms with Crippen molar-refractivity contribution in [1.82, 2.24) is 4.90 Å². The number of nitrogens with two attached hydrogens (primary N) is 1. The van der Waals surface area contributed by atoms with Gasteiger partial charge in [-0.2, -0.15) is 0 Å². The molecule has 0 unspecified atom stereocenters. The fourth-order valence-corrected chi connectivity index (χ4v) is 2.24. The summed E-state index contributed by atoms with van der Waals surface area (Å²) in [5.74, 6) is 0.620. The standard InChI is InChI=1S/C14H20N2O2/c1-11(17)13-10-12(15)4-5-14(13)18-9-8-16-6-2-3-7-16/h4-5,10H,2-3,6-9,15H2,1H3. The van der Waals surface area contributed by atoms with Crippen LogP contribution in [0.2, 0.25) is 0 Å². The Bertz CT molecular complexity index is 426. The van der Waals surface area contributed by atoms with E-state index in [1.807, 2.05) is 0 Å². The van der Waals surface area contributed by atoms with Gasteiger partial charge in [0.25, 0.3) is 0 Å². The molecule has 0 radical (unpaired) electrons. The molecule has 1 fully saturated rings. The maximum Gasteiger partial charge on any atom is 0.163 e. The van der Waals surface area contributed by atoms with Crippen molar-refractivity contribution in [2.24, 2.45) is 0 Å². The van der Waals surface area contributed by atoms with E-state index >= 15 is 0 Å². The predicted molar refractivity (Wildman–Crippen MR) is 72.0 cm³/mol. The first-order valence-corrected chi connectivity index (χ1v) is 6.42. The minimum atomic E-state index is -0.0153. The van der Waals surface area contributed by atoms with Gasteiger partial charge in [0.1, 0.15) is 12.4 Å². The number of nitrogen functional groups attached to an aromatic ring is 1. The third-order valence-electron chi connectivity index (χ3n) is 3.25. The fraction of sp³-hybridized carbons (Fsp3) is 0.500. The minimum absolute atomic E-state index is 0.0153. The second-order valence-electron chi connectivity index (χ2n) is 4.71. The van der Waals surface area contributed by atoms with E-state index in [9.17, 15) is 4.79 Å².